The Balaban J connectivity index is 1.89. The number of hydrogen-bond acceptors (Lipinski definition) is 6. The number of aromatic nitrogens is 2. The molecule has 0 N–H and O–H groups in total. The van der Waals surface area contributed by atoms with Crippen molar-refractivity contribution in [1.29, 1.82) is 0 Å². The van der Waals surface area contributed by atoms with Gasteiger partial charge in [0.25, 0.3) is 0 Å². The lowest BCUT2D eigenvalue weighted by atomic mass is 9.89. The van der Waals surface area contributed by atoms with E-state index >= 15 is 0 Å². The van der Waals surface area contributed by atoms with Crippen molar-refractivity contribution < 1.29 is 23.8 Å². The molecule has 0 aliphatic carbocycles. The summed E-state index contributed by atoms with van der Waals surface area (Å²) in [6.45, 7) is 5.30. The molecule has 0 saturated heterocycles. The molecule has 1 aromatic heterocycles. The topological polar surface area (TPSA) is 82.9 Å². The number of fused-ring (bicyclic) bond motifs is 3. The number of methoxy groups -OCH3 is 1. The number of ether oxygens (including phenoxy) is 3. The van der Waals surface area contributed by atoms with E-state index in [4.69, 9.17) is 19.2 Å². The van der Waals surface area contributed by atoms with E-state index < -0.39 is 17.9 Å². The third-order valence-corrected chi connectivity index (χ3v) is 5.75. The van der Waals surface area contributed by atoms with Gasteiger partial charge < -0.3 is 18.8 Å². The van der Waals surface area contributed by atoms with Crippen LogP contribution in [0.3, 0.4) is 0 Å². The van der Waals surface area contributed by atoms with Crippen LogP contribution in [0.25, 0.3) is 11.0 Å². The molecule has 2 aromatic carbocycles. The van der Waals surface area contributed by atoms with Gasteiger partial charge in [0.2, 0.25) is 11.9 Å². The fraction of sp³-hybridized carbons (Fsp3) is 0.400. The van der Waals surface area contributed by atoms with Crippen LogP contribution in [-0.4, -0.2) is 54.9 Å². The number of nitrogens with zero attached hydrogens (tertiary/aromatic N) is 3. The summed E-state index contributed by atoms with van der Waals surface area (Å²) >= 11 is 0. The number of imidazole rings is 1. The van der Waals surface area contributed by atoms with Crippen LogP contribution in [0.1, 0.15) is 31.9 Å². The van der Waals surface area contributed by atoms with Crippen LogP contribution >= 0.6 is 0 Å². The molecule has 1 aliphatic rings. The zero-order valence-electron chi connectivity index (χ0n) is 19.2. The van der Waals surface area contributed by atoms with Gasteiger partial charge in [-0.25, -0.2) is 4.98 Å². The summed E-state index contributed by atoms with van der Waals surface area (Å²) in [6, 6.07) is 14.6. The van der Waals surface area contributed by atoms with Crippen molar-refractivity contribution in [3.05, 3.63) is 54.1 Å². The Labute approximate surface area is 193 Å². The summed E-state index contributed by atoms with van der Waals surface area (Å²) in [6.07, 6.45) is 0.620. The van der Waals surface area contributed by atoms with Crippen LogP contribution in [0.4, 0.5) is 5.95 Å². The van der Waals surface area contributed by atoms with Crippen LogP contribution in [0.2, 0.25) is 0 Å². The molecule has 0 fully saturated rings. The van der Waals surface area contributed by atoms with Crippen LogP contribution in [-0.2, 0) is 19.1 Å². The smallest absolute Gasteiger partial charge is 0.321 e. The number of carbonyl (C=O) groups is 2. The van der Waals surface area contributed by atoms with E-state index in [2.05, 4.69) is 0 Å². The molecule has 174 valence electrons. The number of benzene rings is 2. The molecule has 0 spiro atoms. The van der Waals surface area contributed by atoms with E-state index in [0.717, 1.165) is 22.3 Å². The first-order chi connectivity index (χ1) is 16.1. The van der Waals surface area contributed by atoms with E-state index in [9.17, 15) is 9.59 Å². The van der Waals surface area contributed by atoms with Gasteiger partial charge in [0.15, 0.2) is 5.92 Å². The highest BCUT2D eigenvalue weighted by Gasteiger charge is 2.47. The molecule has 3 aromatic rings. The number of para-hydroxylation sites is 2. The van der Waals surface area contributed by atoms with Gasteiger partial charge in [-0.2, -0.15) is 0 Å². The Morgan fingerprint density at radius 1 is 1.06 bits per heavy atom. The Morgan fingerprint density at radius 3 is 2.52 bits per heavy atom. The molecule has 8 heteroatoms. The van der Waals surface area contributed by atoms with E-state index in [-0.39, 0.29) is 12.5 Å². The number of rotatable bonds is 9. The summed E-state index contributed by atoms with van der Waals surface area (Å²) in [5.41, 5.74) is 2.42. The van der Waals surface area contributed by atoms with Crippen molar-refractivity contribution in [2.24, 2.45) is 5.92 Å². The van der Waals surface area contributed by atoms with Gasteiger partial charge in [0.1, 0.15) is 5.75 Å². The minimum atomic E-state index is -1.03. The highest BCUT2D eigenvalue weighted by molar-refractivity contribution is 6.08. The van der Waals surface area contributed by atoms with Gasteiger partial charge in [0, 0.05) is 20.3 Å². The maximum Gasteiger partial charge on any atom is 0.321 e. The molecule has 33 heavy (non-hydrogen) atoms. The predicted octanol–water partition coefficient (Wildman–Crippen LogP) is 3.59. The minimum absolute atomic E-state index is 0.194. The van der Waals surface area contributed by atoms with E-state index in [1.165, 1.54) is 0 Å². The zero-order valence-corrected chi connectivity index (χ0v) is 19.2. The maximum absolute atomic E-state index is 13.7. The van der Waals surface area contributed by atoms with Crippen molar-refractivity contribution in [3.8, 4) is 5.75 Å². The van der Waals surface area contributed by atoms with Crippen molar-refractivity contribution in [1.82, 2.24) is 9.55 Å². The lowest BCUT2D eigenvalue weighted by Gasteiger charge is -2.38. The van der Waals surface area contributed by atoms with E-state index in [1.807, 2.05) is 60.0 Å². The third kappa shape index (κ3) is 4.30. The number of anilines is 1. The summed E-state index contributed by atoms with van der Waals surface area (Å²) in [5.74, 6) is -0.631. The minimum Gasteiger partial charge on any atom is -0.494 e. The zero-order chi connectivity index (χ0) is 23.4. The van der Waals surface area contributed by atoms with Crippen LogP contribution in [0, 0.1) is 5.92 Å². The van der Waals surface area contributed by atoms with Gasteiger partial charge in [0.05, 0.1) is 30.3 Å². The van der Waals surface area contributed by atoms with Gasteiger partial charge >= 0.3 is 5.97 Å². The second-order valence-electron chi connectivity index (χ2n) is 7.78. The number of amides is 1. The summed E-state index contributed by atoms with van der Waals surface area (Å²) in [4.78, 5) is 33.3. The Morgan fingerprint density at radius 2 is 1.82 bits per heavy atom. The van der Waals surface area contributed by atoms with Gasteiger partial charge in [-0.15, -0.1) is 0 Å². The van der Waals surface area contributed by atoms with E-state index in [0.29, 0.717) is 32.1 Å². The van der Waals surface area contributed by atoms with E-state index in [1.54, 1.807) is 18.9 Å². The normalized spacial score (nSPS) is 17.8. The summed E-state index contributed by atoms with van der Waals surface area (Å²) in [5, 5.41) is 0. The number of esters is 1. The number of hydrogen-bond donors (Lipinski definition) is 0. The van der Waals surface area contributed by atoms with Crippen LogP contribution in [0.15, 0.2) is 48.5 Å². The largest absolute Gasteiger partial charge is 0.494 e. The van der Waals surface area contributed by atoms with Gasteiger partial charge in [-0.3, -0.25) is 14.5 Å². The molecule has 2 atom stereocenters. The monoisotopic (exact) mass is 451 g/mol. The molecule has 8 nitrogen and oxygen atoms in total. The average molecular weight is 452 g/mol. The van der Waals surface area contributed by atoms with Crippen molar-refractivity contribution in [2.45, 2.75) is 26.3 Å². The third-order valence-electron chi connectivity index (χ3n) is 5.75. The Hall–Kier alpha value is -3.39. The average Bonchev–Trinajstić information content (AvgIpc) is 3.20. The lowest BCUT2D eigenvalue weighted by molar-refractivity contribution is -0.153. The highest BCUT2D eigenvalue weighted by Crippen LogP contribution is 2.41. The fourth-order valence-corrected chi connectivity index (χ4v) is 4.36. The SMILES string of the molecule is CCOC(=O)[C@@H]1C(=O)N(CCCOC)c2nc3ccccc3n2[C@@H]1c1ccc(OCC)cc1. The first-order valence-electron chi connectivity index (χ1n) is 11.3. The summed E-state index contributed by atoms with van der Waals surface area (Å²) < 4.78 is 18.1. The highest BCUT2D eigenvalue weighted by atomic mass is 16.5. The molecule has 4 rings (SSSR count). The second-order valence-corrected chi connectivity index (χ2v) is 7.78. The first kappa shape index (κ1) is 22.8. The number of carbonyl (C=O) groups excluding carboxylic acids is 2. The molecular formula is C25H29N3O5. The molecule has 0 bridgehead atoms. The van der Waals surface area contributed by atoms with Crippen molar-refractivity contribution in [2.75, 3.05) is 38.4 Å². The van der Waals surface area contributed by atoms with Crippen molar-refractivity contribution >= 4 is 28.9 Å². The molecule has 1 amide bonds. The lowest BCUT2D eigenvalue weighted by Crippen LogP contribution is -2.50. The van der Waals surface area contributed by atoms with Crippen LogP contribution in [0.5, 0.6) is 5.75 Å². The Bertz CT molecular complexity index is 1120. The molecule has 0 saturated carbocycles. The fourth-order valence-electron chi connectivity index (χ4n) is 4.36. The first-order valence-corrected chi connectivity index (χ1v) is 11.3. The molecule has 2 heterocycles. The molecule has 0 unspecified atom stereocenters. The summed E-state index contributed by atoms with van der Waals surface area (Å²) in [7, 11) is 1.62. The van der Waals surface area contributed by atoms with Gasteiger partial charge in [-0.1, -0.05) is 24.3 Å². The molecule has 1 aliphatic heterocycles. The van der Waals surface area contributed by atoms with Crippen molar-refractivity contribution in [3.63, 3.8) is 0 Å². The van der Waals surface area contributed by atoms with Gasteiger partial charge in [-0.05, 0) is 50.1 Å². The standard InChI is InChI=1S/C25H29N3O5/c1-4-32-18-13-11-17(12-14-18)22-21(24(30)33-5-2)23(29)27(15-8-16-31-3)25-26-19-9-6-7-10-20(19)28(22)25/h6-7,9-14,21-22H,4-5,8,15-16H2,1-3H3/t21-,22+/m0/s1. The predicted molar refractivity (Wildman–Crippen MR) is 124 cm³/mol. The maximum atomic E-state index is 13.7. The quantitative estimate of drug-likeness (QED) is 0.281. The Kier molecular flexibility index (Phi) is 6.93. The molecule has 0 radical (unpaired) electrons. The van der Waals surface area contributed by atoms with Crippen LogP contribution < -0.4 is 9.64 Å². The molecular weight excluding hydrogens is 422 g/mol. The second kappa shape index (κ2) is 10.0.